The molecule has 0 saturated heterocycles. The van der Waals surface area contributed by atoms with E-state index in [2.05, 4.69) is 10.6 Å². The zero-order valence-electron chi connectivity index (χ0n) is 16.2. The summed E-state index contributed by atoms with van der Waals surface area (Å²) < 4.78 is 40.8. The molecule has 0 aromatic heterocycles. The minimum absolute atomic E-state index is 0.0279. The fourth-order valence-corrected chi connectivity index (χ4v) is 4.27. The Morgan fingerprint density at radius 1 is 1.23 bits per heavy atom. The Hall–Kier alpha value is -2.98. The van der Waals surface area contributed by atoms with Crippen molar-refractivity contribution in [2.45, 2.75) is 11.3 Å². The van der Waals surface area contributed by atoms with Crippen LogP contribution in [0.5, 0.6) is 17.2 Å². The van der Waals surface area contributed by atoms with Crippen molar-refractivity contribution in [3.05, 3.63) is 35.4 Å². The normalized spacial score (nSPS) is 13.0. The van der Waals surface area contributed by atoms with Crippen molar-refractivity contribution in [1.82, 2.24) is 0 Å². The molecular formula is C19H19ClN2O7S. The quantitative estimate of drug-likeness (QED) is 0.659. The largest absolute Gasteiger partial charge is 0.497 e. The molecule has 2 N–H and O–H groups in total. The van der Waals surface area contributed by atoms with E-state index in [1.54, 1.807) is 6.07 Å². The highest BCUT2D eigenvalue weighted by Crippen LogP contribution is 2.37. The van der Waals surface area contributed by atoms with Crippen molar-refractivity contribution in [1.29, 1.82) is 0 Å². The third-order valence-electron chi connectivity index (χ3n) is 4.29. The lowest BCUT2D eigenvalue weighted by atomic mass is 10.2. The minimum atomic E-state index is -3.79. The molecule has 0 spiro atoms. The molecule has 0 unspecified atom stereocenters. The van der Waals surface area contributed by atoms with Crippen LogP contribution in [-0.2, 0) is 19.4 Å². The van der Waals surface area contributed by atoms with E-state index in [-0.39, 0.29) is 46.0 Å². The molecule has 2 aromatic carbocycles. The van der Waals surface area contributed by atoms with Gasteiger partial charge in [0.25, 0.3) is 5.91 Å². The first-order valence-corrected chi connectivity index (χ1v) is 10.8. The molecule has 2 amide bonds. The van der Waals surface area contributed by atoms with Gasteiger partial charge in [-0.2, -0.15) is 0 Å². The standard InChI is InChI=1S/C19H19ClN2O7S/c1-27-11-7-13(20)19(16(8-11)28-2)22-17(23)5-6-30(25,26)12-3-4-15-14(9-12)21-18(24)10-29-15/h3-4,7-9H,5-6,10H2,1-2H3,(H,21,24)(H,22,23). The van der Waals surface area contributed by atoms with Gasteiger partial charge in [-0.15, -0.1) is 0 Å². The van der Waals surface area contributed by atoms with Crippen LogP contribution in [0.25, 0.3) is 0 Å². The number of anilines is 2. The van der Waals surface area contributed by atoms with Gasteiger partial charge in [-0.05, 0) is 18.2 Å². The number of amides is 2. The van der Waals surface area contributed by atoms with Gasteiger partial charge in [-0.1, -0.05) is 11.6 Å². The molecule has 2 aromatic rings. The molecule has 0 saturated carbocycles. The number of rotatable bonds is 7. The van der Waals surface area contributed by atoms with Gasteiger partial charge in [0.15, 0.2) is 16.4 Å². The predicted octanol–water partition coefficient (Wildman–Crippen LogP) is 2.49. The lowest BCUT2D eigenvalue weighted by Gasteiger charge is -2.18. The molecule has 0 fully saturated rings. The van der Waals surface area contributed by atoms with Crippen molar-refractivity contribution in [3.63, 3.8) is 0 Å². The maximum atomic E-state index is 12.6. The van der Waals surface area contributed by atoms with Crippen molar-refractivity contribution < 1.29 is 32.2 Å². The number of hydrogen-bond acceptors (Lipinski definition) is 7. The Morgan fingerprint density at radius 3 is 2.70 bits per heavy atom. The van der Waals surface area contributed by atoms with Crippen molar-refractivity contribution in [3.8, 4) is 17.2 Å². The van der Waals surface area contributed by atoms with E-state index < -0.39 is 21.5 Å². The molecule has 160 valence electrons. The number of benzene rings is 2. The van der Waals surface area contributed by atoms with Gasteiger partial charge >= 0.3 is 0 Å². The third kappa shape index (κ3) is 4.77. The van der Waals surface area contributed by atoms with Gasteiger partial charge in [-0.3, -0.25) is 9.59 Å². The first-order valence-electron chi connectivity index (χ1n) is 8.74. The lowest BCUT2D eigenvalue weighted by Crippen LogP contribution is -2.25. The Kier molecular flexibility index (Phi) is 6.37. The molecule has 0 aliphatic carbocycles. The highest BCUT2D eigenvalue weighted by molar-refractivity contribution is 7.91. The highest BCUT2D eigenvalue weighted by Gasteiger charge is 2.22. The van der Waals surface area contributed by atoms with Crippen molar-refractivity contribution >= 4 is 44.6 Å². The van der Waals surface area contributed by atoms with E-state index in [1.807, 2.05) is 0 Å². The molecule has 30 heavy (non-hydrogen) atoms. The monoisotopic (exact) mass is 454 g/mol. The number of halogens is 1. The van der Waals surface area contributed by atoms with Crippen LogP contribution in [0, 0.1) is 0 Å². The predicted molar refractivity (Wildman–Crippen MR) is 110 cm³/mol. The molecule has 3 rings (SSSR count). The van der Waals surface area contributed by atoms with Crippen LogP contribution in [0.1, 0.15) is 6.42 Å². The molecule has 1 heterocycles. The second kappa shape index (κ2) is 8.80. The molecule has 0 radical (unpaired) electrons. The Morgan fingerprint density at radius 2 is 2.00 bits per heavy atom. The first kappa shape index (κ1) is 21.7. The minimum Gasteiger partial charge on any atom is -0.497 e. The third-order valence-corrected chi connectivity index (χ3v) is 6.30. The van der Waals surface area contributed by atoms with E-state index in [0.717, 1.165) is 0 Å². The van der Waals surface area contributed by atoms with Crippen LogP contribution in [0.3, 0.4) is 0 Å². The van der Waals surface area contributed by atoms with Crippen LogP contribution in [0.4, 0.5) is 11.4 Å². The molecule has 11 heteroatoms. The number of ether oxygens (including phenoxy) is 3. The second-order valence-electron chi connectivity index (χ2n) is 6.30. The summed E-state index contributed by atoms with van der Waals surface area (Å²) in [7, 11) is -0.916. The fourth-order valence-electron chi connectivity index (χ4n) is 2.76. The van der Waals surface area contributed by atoms with Gasteiger partial charge in [-0.25, -0.2) is 8.42 Å². The second-order valence-corrected chi connectivity index (χ2v) is 8.81. The fraction of sp³-hybridized carbons (Fsp3) is 0.263. The number of methoxy groups -OCH3 is 2. The Balaban J connectivity index is 1.70. The van der Waals surface area contributed by atoms with E-state index in [9.17, 15) is 18.0 Å². The van der Waals surface area contributed by atoms with Crippen molar-refractivity contribution in [2.24, 2.45) is 0 Å². The van der Waals surface area contributed by atoms with Crippen LogP contribution in [0.2, 0.25) is 5.02 Å². The maximum absolute atomic E-state index is 12.6. The number of fused-ring (bicyclic) bond motifs is 1. The van der Waals surface area contributed by atoms with Gasteiger partial charge < -0.3 is 24.8 Å². The van der Waals surface area contributed by atoms with Crippen LogP contribution in [0.15, 0.2) is 35.2 Å². The summed E-state index contributed by atoms with van der Waals surface area (Å²) in [5.74, 6) is -0.266. The smallest absolute Gasteiger partial charge is 0.262 e. The molecule has 0 atom stereocenters. The average molecular weight is 455 g/mol. The summed E-state index contributed by atoms with van der Waals surface area (Å²) in [6.07, 6.45) is -0.312. The maximum Gasteiger partial charge on any atom is 0.262 e. The molecule has 9 nitrogen and oxygen atoms in total. The summed E-state index contributed by atoms with van der Waals surface area (Å²) in [5.41, 5.74) is 0.488. The Labute approximate surface area is 178 Å². The van der Waals surface area contributed by atoms with Crippen LogP contribution >= 0.6 is 11.6 Å². The van der Waals surface area contributed by atoms with Crippen molar-refractivity contribution in [2.75, 3.05) is 37.2 Å². The summed E-state index contributed by atoms with van der Waals surface area (Å²) in [4.78, 5) is 23.7. The van der Waals surface area contributed by atoms with Gasteiger partial charge in [0.2, 0.25) is 5.91 Å². The number of sulfone groups is 1. The van der Waals surface area contributed by atoms with E-state index >= 15 is 0 Å². The summed E-state index contributed by atoms with van der Waals surface area (Å²) >= 11 is 6.16. The summed E-state index contributed by atoms with van der Waals surface area (Å²) in [6.45, 7) is -0.128. The number of hydrogen-bond donors (Lipinski definition) is 2. The number of carbonyl (C=O) groups is 2. The van der Waals surface area contributed by atoms with Crippen LogP contribution < -0.4 is 24.8 Å². The lowest BCUT2D eigenvalue weighted by molar-refractivity contribution is -0.118. The topological polar surface area (TPSA) is 120 Å². The number of carbonyl (C=O) groups excluding carboxylic acids is 2. The van der Waals surface area contributed by atoms with E-state index in [0.29, 0.717) is 11.5 Å². The van der Waals surface area contributed by atoms with Gasteiger partial charge in [0.05, 0.1) is 35.6 Å². The molecule has 0 bridgehead atoms. The van der Waals surface area contributed by atoms with Crippen LogP contribution in [-0.4, -0.2) is 46.8 Å². The Bertz CT molecular complexity index is 1100. The summed E-state index contributed by atoms with van der Waals surface area (Å²) in [5, 5.41) is 5.31. The van der Waals surface area contributed by atoms with Gasteiger partial charge in [0, 0.05) is 18.6 Å². The zero-order valence-corrected chi connectivity index (χ0v) is 17.7. The van der Waals surface area contributed by atoms with Gasteiger partial charge in [0.1, 0.15) is 22.9 Å². The number of nitrogens with one attached hydrogen (secondary N) is 2. The van der Waals surface area contributed by atoms with E-state index in [1.165, 1.54) is 38.5 Å². The summed E-state index contributed by atoms with van der Waals surface area (Å²) in [6, 6.07) is 7.18. The highest BCUT2D eigenvalue weighted by atomic mass is 35.5. The first-order chi connectivity index (χ1) is 14.2. The zero-order chi connectivity index (χ0) is 21.9. The molecule has 1 aliphatic heterocycles. The average Bonchev–Trinajstić information content (AvgIpc) is 2.72. The molecular weight excluding hydrogens is 436 g/mol. The SMILES string of the molecule is COc1cc(Cl)c(NC(=O)CCS(=O)(=O)c2ccc3c(c2)NC(=O)CO3)c(OC)c1. The molecule has 1 aliphatic rings. The van der Waals surface area contributed by atoms with E-state index in [4.69, 9.17) is 25.8 Å².